The van der Waals surface area contributed by atoms with Gasteiger partial charge in [0.1, 0.15) is 5.76 Å². The molecule has 0 aromatic heterocycles. The number of ketones is 2. The number of ether oxygens (including phenoxy) is 2. The molecule has 2 aliphatic carbocycles. The lowest BCUT2D eigenvalue weighted by atomic mass is 9.68. The molecule has 0 fully saturated rings. The molecule has 1 aliphatic heterocycles. The zero-order valence-corrected chi connectivity index (χ0v) is 14.6. The molecule has 0 N–H and O–H groups in total. The summed E-state index contributed by atoms with van der Waals surface area (Å²) < 4.78 is 10.7. The van der Waals surface area contributed by atoms with Crippen LogP contribution >= 0.6 is 0 Å². The Bertz CT molecular complexity index is 863. The molecule has 0 radical (unpaired) electrons. The number of fused-ring (bicyclic) bond motifs is 4. The van der Waals surface area contributed by atoms with E-state index in [2.05, 4.69) is 0 Å². The van der Waals surface area contributed by atoms with E-state index in [9.17, 15) is 14.4 Å². The van der Waals surface area contributed by atoms with E-state index >= 15 is 0 Å². The molecule has 5 heteroatoms. The smallest absolute Gasteiger partial charge is 0.316 e. The molecule has 0 unspecified atom stereocenters. The highest BCUT2D eigenvalue weighted by atomic mass is 16.5. The van der Waals surface area contributed by atoms with Crippen LogP contribution in [0.2, 0.25) is 0 Å². The lowest BCUT2D eigenvalue weighted by Crippen LogP contribution is -2.39. The summed E-state index contributed by atoms with van der Waals surface area (Å²) in [6.45, 7) is 4.16. The van der Waals surface area contributed by atoms with E-state index in [1.165, 1.54) is 7.11 Å². The van der Waals surface area contributed by atoms with Gasteiger partial charge in [-0.25, -0.2) is 0 Å². The first-order valence-electron chi connectivity index (χ1n) is 8.61. The molecule has 0 amide bonds. The van der Waals surface area contributed by atoms with Gasteiger partial charge in [-0.3, -0.25) is 14.4 Å². The molecule has 3 aliphatic rings. The predicted molar refractivity (Wildman–Crippen MR) is 90.1 cm³/mol. The fourth-order valence-electron chi connectivity index (χ4n) is 4.44. The Morgan fingerprint density at radius 1 is 1.28 bits per heavy atom. The minimum absolute atomic E-state index is 0.0732. The Morgan fingerprint density at radius 3 is 2.76 bits per heavy atom. The number of carbonyl (C=O) groups excluding carboxylic acids is 3. The van der Waals surface area contributed by atoms with E-state index in [0.717, 1.165) is 17.5 Å². The van der Waals surface area contributed by atoms with Gasteiger partial charge in [0.2, 0.25) is 11.6 Å². The molecular formula is C20H20O5. The molecule has 130 valence electrons. The minimum Gasteiger partial charge on any atom is -0.492 e. The van der Waals surface area contributed by atoms with Crippen LogP contribution in [0.15, 0.2) is 17.7 Å². The van der Waals surface area contributed by atoms with E-state index < -0.39 is 17.0 Å². The lowest BCUT2D eigenvalue weighted by molar-refractivity contribution is -0.147. The average Bonchev–Trinajstić information content (AvgIpc) is 3.00. The van der Waals surface area contributed by atoms with Crippen molar-refractivity contribution in [3.8, 4) is 0 Å². The fraction of sp³-hybridized carbons (Fsp3) is 0.450. The lowest BCUT2D eigenvalue weighted by Gasteiger charge is -2.35. The monoisotopic (exact) mass is 340 g/mol. The van der Waals surface area contributed by atoms with Gasteiger partial charge in [0.05, 0.1) is 24.7 Å². The summed E-state index contributed by atoms with van der Waals surface area (Å²) in [6.07, 6.45) is 2.09. The summed E-state index contributed by atoms with van der Waals surface area (Å²) in [5, 5.41) is 0. The number of benzene rings is 1. The standard InChI is InChI=1S/C20H20O5/c1-10-9-25-18-12-6-7-13-11(15(12)17(22)16(21)14(10)18)5-4-8-20(13,2)19(23)24-3/h6-7,10H,4-5,8-9H2,1-3H3/t10-,20-/m0/s1. The summed E-state index contributed by atoms with van der Waals surface area (Å²) >= 11 is 0. The Morgan fingerprint density at radius 2 is 2.04 bits per heavy atom. The Labute approximate surface area is 146 Å². The first kappa shape index (κ1) is 16.1. The van der Waals surface area contributed by atoms with Gasteiger partial charge in [0.25, 0.3) is 0 Å². The second-order valence-electron chi connectivity index (χ2n) is 7.30. The van der Waals surface area contributed by atoms with Crippen molar-refractivity contribution < 1.29 is 23.9 Å². The van der Waals surface area contributed by atoms with Crippen molar-refractivity contribution in [1.82, 2.24) is 0 Å². The number of esters is 1. The van der Waals surface area contributed by atoms with Gasteiger partial charge in [-0.05, 0) is 37.3 Å². The van der Waals surface area contributed by atoms with E-state index in [4.69, 9.17) is 9.47 Å². The summed E-state index contributed by atoms with van der Waals surface area (Å²) in [5.41, 5.74) is 2.40. The topological polar surface area (TPSA) is 69.7 Å². The maximum absolute atomic E-state index is 12.9. The highest BCUT2D eigenvalue weighted by molar-refractivity contribution is 6.52. The first-order valence-corrected chi connectivity index (χ1v) is 8.61. The molecule has 1 heterocycles. The van der Waals surface area contributed by atoms with Gasteiger partial charge < -0.3 is 9.47 Å². The second-order valence-corrected chi connectivity index (χ2v) is 7.30. The Balaban J connectivity index is 1.98. The Hall–Kier alpha value is -2.43. The zero-order valence-electron chi connectivity index (χ0n) is 14.6. The van der Waals surface area contributed by atoms with E-state index in [1.54, 1.807) is 0 Å². The molecule has 0 spiro atoms. The maximum Gasteiger partial charge on any atom is 0.316 e. The molecule has 1 aromatic rings. The van der Waals surface area contributed by atoms with Crippen molar-refractivity contribution in [2.45, 2.75) is 38.5 Å². The summed E-state index contributed by atoms with van der Waals surface area (Å²) in [5.74, 6) is -0.784. The van der Waals surface area contributed by atoms with E-state index in [-0.39, 0.29) is 11.9 Å². The molecule has 1 aromatic carbocycles. The average molecular weight is 340 g/mol. The van der Waals surface area contributed by atoms with Crippen LogP contribution in [0.25, 0.3) is 5.76 Å². The summed E-state index contributed by atoms with van der Waals surface area (Å²) in [4.78, 5) is 37.9. The van der Waals surface area contributed by atoms with Crippen LogP contribution < -0.4 is 0 Å². The van der Waals surface area contributed by atoms with Gasteiger partial charge in [-0.15, -0.1) is 0 Å². The Kier molecular flexibility index (Phi) is 3.39. The van der Waals surface area contributed by atoms with Crippen LogP contribution in [0.5, 0.6) is 0 Å². The molecule has 25 heavy (non-hydrogen) atoms. The predicted octanol–water partition coefficient (Wildman–Crippen LogP) is 2.60. The third-order valence-electron chi connectivity index (χ3n) is 5.78. The van der Waals surface area contributed by atoms with Crippen molar-refractivity contribution in [2.75, 3.05) is 13.7 Å². The first-order chi connectivity index (χ1) is 11.9. The number of methoxy groups -OCH3 is 1. The third kappa shape index (κ3) is 1.98. The van der Waals surface area contributed by atoms with Crippen LogP contribution in [0.1, 0.15) is 53.7 Å². The number of hydrogen-bond acceptors (Lipinski definition) is 5. The second kappa shape index (κ2) is 5.28. The van der Waals surface area contributed by atoms with Crippen molar-refractivity contribution in [3.05, 3.63) is 40.0 Å². The van der Waals surface area contributed by atoms with Crippen LogP contribution in [0.3, 0.4) is 0 Å². The van der Waals surface area contributed by atoms with Crippen LogP contribution in [-0.4, -0.2) is 31.3 Å². The number of rotatable bonds is 1. The minimum atomic E-state index is -0.792. The van der Waals surface area contributed by atoms with Crippen LogP contribution in [-0.2, 0) is 30.9 Å². The van der Waals surface area contributed by atoms with Crippen molar-refractivity contribution in [2.24, 2.45) is 5.92 Å². The highest BCUT2D eigenvalue weighted by Gasteiger charge is 2.46. The van der Waals surface area contributed by atoms with Crippen LogP contribution in [0.4, 0.5) is 0 Å². The summed E-state index contributed by atoms with van der Waals surface area (Å²) in [6, 6.07) is 3.71. The normalized spacial score (nSPS) is 27.4. The SMILES string of the molecule is COC(=O)[C@@]1(C)CCCc2c1ccc1c2C(=O)C(=O)C2=C1OC[C@@H]2C. The van der Waals surface area contributed by atoms with E-state index in [1.807, 2.05) is 26.0 Å². The molecule has 2 atom stereocenters. The number of carbonyl (C=O) groups is 3. The zero-order chi connectivity index (χ0) is 17.9. The van der Waals surface area contributed by atoms with Gasteiger partial charge in [0.15, 0.2) is 0 Å². The molecule has 5 nitrogen and oxygen atoms in total. The quantitative estimate of drug-likeness (QED) is 0.580. The van der Waals surface area contributed by atoms with Gasteiger partial charge in [-0.1, -0.05) is 19.1 Å². The van der Waals surface area contributed by atoms with E-state index in [0.29, 0.717) is 41.9 Å². The molecular weight excluding hydrogens is 320 g/mol. The van der Waals surface area contributed by atoms with Crippen molar-refractivity contribution >= 4 is 23.3 Å². The fourth-order valence-corrected chi connectivity index (χ4v) is 4.44. The third-order valence-corrected chi connectivity index (χ3v) is 5.78. The van der Waals surface area contributed by atoms with Crippen molar-refractivity contribution in [3.63, 3.8) is 0 Å². The maximum atomic E-state index is 12.9. The largest absolute Gasteiger partial charge is 0.492 e. The van der Waals surface area contributed by atoms with Crippen molar-refractivity contribution in [1.29, 1.82) is 0 Å². The molecule has 0 bridgehead atoms. The highest BCUT2D eigenvalue weighted by Crippen LogP contribution is 2.45. The molecule has 4 rings (SSSR count). The molecule has 0 saturated carbocycles. The van der Waals surface area contributed by atoms with Crippen LogP contribution in [0, 0.1) is 5.92 Å². The molecule has 0 saturated heterocycles. The number of Topliss-reactive ketones (excluding diaryl/α,β-unsaturated/α-hetero) is 2. The van der Waals surface area contributed by atoms with Gasteiger partial charge in [-0.2, -0.15) is 0 Å². The summed E-state index contributed by atoms with van der Waals surface area (Å²) in [7, 11) is 1.37. The van der Waals surface area contributed by atoms with Gasteiger partial charge in [0, 0.05) is 17.0 Å². The van der Waals surface area contributed by atoms with Gasteiger partial charge >= 0.3 is 5.97 Å². The number of hydrogen-bond donors (Lipinski definition) is 0.